The molecular weight excluding hydrogens is 326 g/mol. The van der Waals surface area contributed by atoms with Crippen molar-refractivity contribution in [2.24, 2.45) is 0 Å². The molecule has 1 aromatic carbocycles. The number of carbonyl (C=O) groups excluding carboxylic acids is 1. The Balaban J connectivity index is 0.00000169. The van der Waals surface area contributed by atoms with Crippen LogP contribution in [0.5, 0.6) is 0 Å². The van der Waals surface area contributed by atoms with Crippen molar-refractivity contribution in [3.05, 3.63) is 45.7 Å². The Bertz CT molecular complexity index is 819. The molecule has 2 aliphatic rings. The molecule has 0 spiro atoms. The number of hydrogen-bond donors (Lipinski definition) is 2. The standard InChI is InChI=1S/C18H21N3O2.ClH/c1-11-14-4-2-3-5-15(14)20-17(22)16(11)18(23)21-12-6-7-13(21)10-19-9-8-12;/h2-5,12-13,19H,6-10H2,1H3,(H,20,22);1H. The van der Waals surface area contributed by atoms with Crippen LogP contribution in [0, 0.1) is 6.92 Å². The average Bonchev–Trinajstić information content (AvgIpc) is 2.80. The summed E-state index contributed by atoms with van der Waals surface area (Å²) < 4.78 is 0. The molecule has 2 bridgehead atoms. The SMILES string of the molecule is Cc1c(C(=O)N2C3CCNCC2CC3)c(=O)[nH]c2ccccc12.Cl. The molecule has 1 aromatic heterocycles. The molecule has 2 aliphatic heterocycles. The number of benzene rings is 1. The minimum atomic E-state index is -0.275. The van der Waals surface area contributed by atoms with E-state index in [1.165, 1.54) is 0 Å². The molecule has 2 atom stereocenters. The van der Waals surface area contributed by atoms with Gasteiger partial charge in [-0.3, -0.25) is 9.59 Å². The first kappa shape index (κ1) is 17.0. The van der Waals surface area contributed by atoms with Crippen molar-refractivity contribution in [2.45, 2.75) is 38.3 Å². The Hall–Kier alpha value is -1.85. The highest BCUT2D eigenvalue weighted by molar-refractivity contribution is 6.00. The van der Waals surface area contributed by atoms with E-state index in [0.29, 0.717) is 5.56 Å². The van der Waals surface area contributed by atoms with Crippen LogP contribution in [0.2, 0.25) is 0 Å². The van der Waals surface area contributed by atoms with Gasteiger partial charge in [-0.1, -0.05) is 18.2 Å². The van der Waals surface area contributed by atoms with Crippen molar-refractivity contribution in [1.29, 1.82) is 0 Å². The topological polar surface area (TPSA) is 65.2 Å². The molecule has 0 aliphatic carbocycles. The van der Waals surface area contributed by atoms with Crippen molar-refractivity contribution in [3.63, 3.8) is 0 Å². The maximum atomic E-state index is 13.2. The highest BCUT2D eigenvalue weighted by Gasteiger charge is 2.39. The number of para-hydroxylation sites is 1. The van der Waals surface area contributed by atoms with Gasteiger partial charge in [-0.15, -0.1) is 12.4 Å². The van der Waals surface area contributed by atoms with Crippen molar-refractivity contribution < 1.29 is 4.79 Å². The first-order valence-electron chi connectivity index (χ1n) is 8.32. The smallest absolute Gasteiger partial charge is 0.261 e. The van der Waals surface area contributed by atoms with E-state index in [4.69, 9.17) is 0 Å². The van der Waals surface area contributed by atoms with Crippen LogP contribution >= 0.6 is 12.4 Å². The van der Waals surface area contributed by atoms with Crippen LogP contribution in [0.15, 0.2) is 29.1 Å². The number of amides is 1. The Morgan fingerprint density at radius 3 is 2.75 bits per heavy atom. The molecule has 5 nitrogen and oxygen atoms in total. The lowest BCUT2D eigenvalue weighted by molar-refractivity contribution is 0.0678. The number of rotatable bonds is 1. The third-order valence-electron chi connectivity index (χ3n) is 5.28. The van der Waals surface area contributed by atoms with Crippen molar-refractivity contribution in [2.75, 3.05) is 13.1 Å². The van der Waals surface area contributed by atoms with Crippen LogP contribution in [0.4, 0.5) is 0 Å². The number of fused-ring (bicyclic) bond motifs is 3. The van der Waals surface area contributed by atoms with E-state index in [2.05, 4.69) is 10.3 Å². The molecule has 2 aromatic rings. The zero-order chi connectivity index (χ0) is 16.0. The van der Waals surface area contributed by atoms with E-state index >= 15 is 0 Å². The zero-order valence-corrected chi connectivity index (χ0v) is 14.5. The van der Waals surface area contributed by atoms with E-state index in [0.717, 1.165) is 48.8 Å². The molecule has 24 heavy (non-hydrogen) atoms. The molecule has 2 unspecified atom stereocenters. The van der Waals surface area contributed by atoms with Crippen LogP contribution in [-0.4, -0.2) is 41.0 Å². The molecule has 3 heterocycles. The van der Waals surface area contributed by atoms with Gasteiger partial charge in [0.1, 0.15) is 5.56 Å². The van der Waals surface area contributed by atoms with Crippen LogP contribution in [0.3, 0.4) is 0 Å². The summed E-state index contributed by atoms with van der Waals surface area (Å²) in [7, 11) is 0. The molecule has 2 saturated heterocycles. The predicted octanol–water partition coefficient (Wildman–Crippen LogP) is 2.22. The quantitative estimate of drug-likeness (QED) is 0.831. The lowest BCUT2D eigenvalue weighted by Crippen LogP contribution is -2.44. The fraction of sp³-hybridized carbons (Fsp3) is 0.444. The maximum Gasteiger partial charge on any atom is 0.261 e. The van der Waals surface area contributed by atoms with Gasteiger partial charge in [0.15, 0.2) is 0 Å². The second kappa shape index (κ2) is 6.57. The Morgan fingerprint density at radius 1 is 1.17 bits per heavy atom. The number of carbonyl (C=O) groups is 1. The summed E-state index contributed by atoms with van der Waals surface area (Å²) in [6, 6.07) is 8.11. The number of nitrogens with zero attached hydrogens (tertiary/aromatic N) is 1. The number of halogens is 1. The number of hydrogen-bond acceptors (Lipinski definition) is 3. The molecule has 0 radical (unpaired) electrons. The summed E-state index contributed by atoms with van der Waals surface area (Å²) >= 11 is 0. The van der Waals surface area contributed by atoms with Gasteiger partial charge in [-0.05, 0) is 44.4 Å². The molecular formula is C18H22ClN3O2. The Morgan fingerprint density at radius 2 is 1.92 bits per heavy atom. The highest BCUT2D eigenvalue weighted by atomic mass is 35.5. The van der Waals surface area contributed by atoms with Gasteiger partial charge < -0.3 is 15.2 Å². The van der Waals surface area contributed by atoms with E-state index in [9.17, 15) is 9.59 Å². The Kier molecular flexibility index (Phi) is 4.65. The number of nitrogens with one attached hydrogen (secondary N) is 2. The Labute approximate surface area is 146 Å². The van der Waals surface area contributed by atoms with Crippen LogP contribution in [0.25, 0.3) is 10.9 Å². The number of aromatic amines is 1. The lowest BCUT2D eigenvalue weighted by atomic mass is 10.0. The van der Waals surface area contributed by atoms with E-state index in [1.807, 2.05) is 36.1 Å². The largest absolute Gasteiger partial charge is 0.331 e. The monoisotopic (exact) mass is 347 g/mol. The molecule has 0 saturated carbocycles. The number of H-pyrrole nitrogens is 1. The number of aryl methyl sites for hydroxylation is 1. The summed E-state index contributed by atoms with van der Waals surface area (Å²) in [5, 5.41) is 4.33. The van der Waals surface area contributed by atoms with Crippen LogP contribution < -0.4 is 10.9 Å². The third kappa shape index (κ3) is 2.62. The lowest BCUT2D eigenvalue weighted by Gasteiger charge is -2.28. The highest BCUT2D eigenvalue weighted by Crippen LogP contribution is 2.30. The maximum absolute atomic E-state index is 13.2. The van der Waals surface area contributed by atoms with E-state index < -0.39 is 0 Å². The molecule has 4 rings (SSSR count). The van der Waals surface area contributed by atoms with Crippen LogP contribution in [-0.2, 0) is 0 Å². The molecule has 2 N–H and O–H groups in total. The van der Waals surface area contributed by atoms with Gasteiger partial charge in [-0.25, -0.2) is 0 Å². The zero-order valence-electron chi connectivity index (χ0n) is 13.7. The third-order valence-corrected chi connectivity index (χ3v) is 5.28. The molecule has 128 valence electrons. The van der Waals surface area contributed by atoms with Crippen LogP contribution in [0.1, 0.15) is 35.2 Å². The van der Waals surface area contributed by atoms with Crippen molar-refractivity contribution in [1.82, 2.24) is 15.2 Å². The summed E-state index contributed by atoms with van der Waals surface area (Å²) in [6.07, 6.45) is 3.03. The fourth-order valence-electron chi connectivity index (χ4n) is 4.11. The van der Waals surface area contributed by atoms with Gasteiger partial charge in [0.2, 0.25) is 0 Å². The first-order chi connectivity index (χ1) is 11.2. The van der Waals surface area contributed by atoms with Crippen molar-refractivity contribution >= 4 is 29.2 Å². The molecule has 2 fully saturated rings. The molecule has 6 heteroatoms. The number of aromatic nitrogens is 1. The minimum absolute atomic E-state index is 0. The molecule has 1 amide bonds. The summed E-state index contributed by atoms with van der Waals surface area (Å²) in [5.41, 5.74) is 1.60. The van der Waals surface area contributed by atoms with Gasteiger partial charge >= 0.3 is 0 Å². The predicted molar refractivity (Wildman–Crippen MR) is 97.0 cm³/mol. The van der Waals surface area contributed by atoms with Crippen molar-refractivity contribution in [3.8, 4) is 0 Å². The minimum Gasteiger partial charge on any atom is -0.331 e. The van der Waals surface area contributed by atoms with E-state index in [-0.39, 0.29) is 36.0 Å². The fourth-order valence-corrected chi connectivity index (χ4v) is 4.11. The number of pyridine rings is 1. The average molecular weight is 348 g/mol. The second-order valence-electron chi connectivity index (χ2n) is 6.59. The summed E-state index contributed by atoms with van der Waals surface area (Å²) in [4.78, 5) is 30.5. The normalized spacial score (nSPS) is 23.0. The van der Waals surface area contributed by atoms with Gasteiger partial charge in [0.25, 0.3) is 11.5 Å². The van der Waals surface area contributed by atoms with E-state index in [1.54, 1.807) is 0 Å². The second-order valence-corrected chi connectivity index (χ2v) is 6.59. The first-order valence-corrected chi connectivity index (χ1v) is 8.32. The van der Waals surface area contributed by atoms with Gasteiger partial charge in [0.05, 0.1) is 0 Å². The summed E-state index contributed by atoms with van der Waals surface area (Å²) in [5.74, 6) is -0.106. The van der Waals surface area contributed by atoms with Gasteiger partial charge in [0, 0.05) is 29.5 Å². The summed E-state index contributed by atoms with van der Waals surface area (Å²) in [6.45, 7) is 3.65. The van der Waals surface area contributed by atoms with Gasteiger partial charge in [-0.2, -0.15) is 0 Å².